The van der Waals surface area contributed by atoms with Gasteiger partial charge in [0.2, 0.25) is 0 Å². The molecule has 0 saturated heterocycles. The molecule has 0 aliphatic heterocycles. The van der Waals surface area contributed by atoms with Gasteiger partial charge in [0.15, 0.2) is 0 Å². The van der Waals surface area contributed by atoms with E-state index in [1.165, 1.54) is 0 Å². The molecule has 0 nitrogen and oxygen atoms in total. The van der Waals surface area contributed by atoms with Gasteiger partial charge in [-0.2, -0.15) is 6.08 Å². The van der Waals surface area contributed by atoms with Crippen molar-refractivity contribution in [3.05, 3.63) is 31.7 Å². The van der Waals surface area contributed by atoms with Gasteiger partial charge in [-0.05, 0) is 0 Å². The Morgan fingerprint density at radius 3 is 1.70 bits per heavy atom. The summed E-state index contributed by atoms with van der Waals surface area (Å²) in [7, 11) is 0. The second-order valence-corrected chi connectivity index (χ2v) is 1.00. The minimum Gasteiger partial charge on any atom is -1.00 e. The molecule has 4 heteroatoms. The molecule has 0 N–H and O–H groups in total. The summed E-state index contributed by atoms with van der Waals surface area (Å²) in [6.45, 7) is 0. The molecule has 1 radical (unpaired) electrons. The summed E-state index contributed by atoms with van der Waals surface area (Å²) in [6.07, 6.45) is 10.0. The summed E-state index contributed by atoms with van der Waals surface area (Å²) >= 11 is 0. The third-order valence-electron chi connectivity index (χ3n) is 0.586. The third-order valence-corrected chi connectivity index (χ3v) is 0.586. The van der Waals surface area contributed by atoms with Crippen molar-refractivity contribution in [2.45, 2.75) is 6.42 Å². The molecule has 10 heavy (non-hydrogen) atoms. The van der Waals surface area contributed by atoms with E-state index < -0.39 is 0 Å². The molecule has 0 spiro atoms. The van der Waals surface area contributed by atoms with Crippen molar-refractivity contribution in [3.63, 3.8) is 0 Å². The zero-order chi connectivity index (χ0) is 3.54. The van der Waals surface area contributed by atoms with Crippen LogP contribution in [0.25, 0.3) is 0 Å². The van der Waals surface area contributed by atoms with Crippen LogP contribution in [0.5, 0.6) is 0 Å². The van der Waals surface area contributed by atoms with Crippen LogP contribution in [0.4, 0.5) is 0 Å². The molecule has 0 aromatic carbocycles. The predicted octanol–water partition coefficient (Wildman–Crippen LogP) is -7.23. The van der Waals surface area contributed by atoms with Gasteiger partial charge in [-0.3, -0.25) is 6.08 Å². The molecular weight excluding hydrogens is 270 g/mol. The number of halogens is 3. The predicted molar refractivity (Wildman–Crippen MR) is 28.0 cm³/mol. The van der Waals surface area contributed by atoms with Crippen LogP contribution < -0.4 is 37.2 Å². The fourth-order valence-corrected chi connectivity index (χ4v) is 0.340. The molecule has 0 fully saturated rings. The minimum absolute atomic E-state index is 0. The quantitative estimate of drug-likeness (QED) is 0.386. The van der Waals surface area contributed by atoms with Gasteiger partial charge in [0, 0.05) is 0 Å². The van der Waals surface area contributed by atoms with Crippen LogP contribution in [0, 0.1) is 13.5 Å². The van der Waals surface area contributed by atoms with E-state index in [9.17, 15) is 0 Å². The van der Waals surface area contributed by atoms with Gasteiger partial charge >= 0.3 is 26.2 Å². The molecule has 0 unspecified atom stereocenters. The molecule has 0 saturated carbocycles. The maximum absolute atomic E-state index is 2.99. The van der Waals surface area contributed by atoms with Gasteiger partial charge in [-0.25, -0.2) is 12.2 Å². The number of rotatable bonds is 0. The van der Waals surface area contributed by atoms with Crippen LogP contribution >= 0.6 is 0 Å². The van der Waals surface area contributed by atoms with Crippen LogP contribution in [0.1, 0.15) is 6.42 Å². The van der Waals surface area contributed by atoms with Crippen LogP contribution in [-0.4, -0.2) is 0 Å². The van der Waals surface area contributed by atoms with E-state index in [0.717, 1.165) is 6.42 Å². The first-order valence-electron chi connectivity index (χ1n) is 1.72. The topological polar surface area (TPSA) is 0 Å². The van der Waals surface area contributed by atoms with Crippen molar-refractivity contribution in [3.8, 4) is 0 Å². The first-order valence-corrected chi connectivity index (χ1v) is 1.72. The average molecular weight is 278 g/mol. The van der Waals surface area contributed by atoms with E-state index >= 15 is 0 Å². The Balaban J connectivity index is -0.0000000167. The van der Waals surface area contributed by atoms with Crippen molar-refractivity contribution in [1.82, 2.24) is 0 Å². The zero-order valence-electron chi connectivity index (χ0n) is 5.57. The Labute approximate surface area is 101 Å². The summed E-state index contributed by atoms with van der Waals surface area (Å²) in [4.78, 5) is 0. The molecule has 1 rings (SSSR count). The van der Waals surface area contributed by atoms with Crippen LogP contribution in [0.3, 0.4) is 0 Å². The average Bonchev–Trinajstić information content (AvgIpc) is 1.76. The van der Waals surface area contributed by atoms with Crippen molar-refractivity contribution in [1.29, 1.82) is 0 Å². The molecule has 0 heterocycles. The van der Waals surface area contributed by atoms with Crippen molar-refractivity contribution in [2.24, 2.45) is 0 Å². The van der Waals surface area contributed by atoms with Gasteiger partial charge in [0.25, 0.3) is 0 Å². The zero-order valence-corrected chi connectivity index (χ0v) is 10.3. The maximum atomic E-state index is 2.99. The summed E-state index contributed by atoms with van der Waals surface area (Å²) in [5.74, 6) is 0. The number of allylic oxidation sites excluding steroid dienone is 4. The summed E-state index contributed by atoms with van der Waals surface area (Å²) in [5.41, 5.74) is 0. The van der Waals surface area contributed by atoms with Gasteiger partial charge < -0.3 is 44.6 Å². The van der Waals surface area contributed by atoms with Crippen molar-refractivity contribution >= 4 is 0 Å². The van der Waals surface area contributed by atoms with E-state index in [-0.39, 0.29) is 70.9 Å². The van der Waals surface area contributed by atoms with E-state index in [1.807, 2.05) is 12.2 Å². The maximum Gasteiger partial charge on any atom is 3.00 e. The summed E-state index contributed by atoms with van der Waals surface area (Å²) in [5, 5.41) is 0. The number of hydrogen-bond acceptors (Lipinski definition) is 0. The summed E-state index contributed by atoms with van der Waals surface area (Å²) in [6, 6.07) is 0. The molecule has 1 aliphatic rings. The first-order chi connectivity index (χ1) is 2.50. The molecule has 0 atom stereocenters. The Kier molecular flexibility index (Phi) is 68.0. The second kappa shape index (κ2) is 22.5. The van der Waals surface area contributed by atoms with Crippen molar-refractivity contribution < 1.29 is 63.4 Å². The molecule has 0 aromatic rings. The SMILES string of the molecule is [C-]1=CC=CC1.[CH3-].[Cl-].[Cl-].[Cl-].[Zr+3]. The van der Waals surface area contributed by atoms with Gasteiger partial charge in [0.1, 0.15) is 0 Å². The normalized spacial score (nSPS) is 8.80. The monoisotopic (exact) mass is 275 g/mol. The van der Waals surface area contributed by atoms with Gasteiger partial charge in [0.05, 0.1) is 0 Å². The molecule has 0 bridgehead atoms. The molecular formula is C6H8Cl3Zr-2. The van der Waals surface area contributed by atoms with E-state index in [0.29, 0.717) is 0 Å². The Morgan fingerprint density at radius 2 is 1.60 bits per heavy atom. The standard InChI is InChI=1S/C5H5.CH3.3ClH.Zr/c1-2-4-5-3-1;;;;;/h1-3H,4H2;1H3;3*1H;/q2*-1;;;;+3/p-3. The van der Waals surface area contributed by atoms with Gasteiger partial charge in [-0.1, -0.05) is 0 Å². The van der Waals surface area contributed by atoms with Crippen LogP contribution in [-0.2, 0) is 26.2 Å². The van der Waals surface area contributed by atoms with Crippen LogP contribution in [0.2, 0.25) is 0 Å². The minimum atomic E-state index is 0. The smallest absolute Gasteiger partial charge is 1.00 e. The van der Waals surface area contributed by atoms with E-state index in [2.05, 4.69) is 12.2 Å². The third kappa shape index (κ3) is 16.1. The van der Waals surface area contributed by atoms with Crippen molar-refractivity contribution in [2.75, 3.05) is 0 Å². The first kappa shape index (κ1) is 30.3. The molecule has 1 aliphatic carbocycles. The molecule has 59 valence electrons. The Hall–Kier alpha value is 1.23. The largest absolute Gasteiger partial charge is 3.00 e. The molecule has 0 amide bonds. The second-order valence-electron chi connectivity index (χ2n) is 1.00. The fourth-order valence-electron chi connectivity index (χ4n) is 0.340. The fraction of sp³-hybridized carbons (Fsp3) is 0.167. The van der Waals surface area contributed by atoms with Gasteiger partial charge in [-0.15, -0.1) is 6.42 Å². The Morgan fingerprint density at radius 1 is 1.10 bits per heavy atom. The summed E-state index contributed by atoms with van der Waals surface area (Å²) < 4.78 is 0. The molecule has 0 aromatic heterocycles. The van der Waals surface area contributed by atoms with Crippen LogP contribution in [0.15, 0.2) is 18.2 Å². The Bertz CT molecular complexity index is 71.1. The van der Waals surface area contributed by atoms with E-state index in [1.54, 1.807) is 0 Å². The number of hydrogen-bond donors (Lipinski definition) is 0. The van der Waals surface area contributed by atoms with E-state index in [4.69, 9.17) is 0 Å².